The summed E-state index contributed by atoms with van der Waals surface area (Å²) in [6, 6.07) is 20.6. The van der Waals surface area contributed by atoms with E-state index in [4.69, 9.17) is 18.9 Å². The zero-order valence-electron chi connectivity index (χ0n) is 16.7. The van der Waals surface area contributed by atoms with E-state index < -0.39 is 0 Å². The summed E-state index contributed by atoms with van der Waals surface area (Å²) in [5, 5.41) is 0. The van der Waals surface area contributed by atoms with Gasteiger partial charge in [-0.3, -0.25) is 4.79 Å². The monoisotopic (exact) mass is 402 g/mol. The maximum absolute atomic E-state index is 12.9. The first kappa shape index (κ1) is 19.6. The molecule has 4 rings (SSSR count). The Bertz CT molecular complexity index is 1060. The van der Waals surface area contributed by atoms with Crippen LogP contribution in [0.25, 0.3) is 6.08 Å². The molecule has 0 radical (unpaired) electrons. The third-order valence-corrected chi connectivity index (χ3v) is 4.68. The van der Waals surface area contributed by atoms with Crippen LogP contribution in [0.1, 0.15) is 21.5 Å². The molecule has 0 unspecified atom stereocenters. The van der Waals surface area contributed by atoms with Crippen LogP contribution in [-0.4, -0.2) is 26.1 Å². The van der Waals surface area contributed by atoms with Gasteiger partial charge in [0.2, 0.25) is 0 Å². The minimum atomic E-state index is -0.174. The third-order valence-electron chi connectivity index (χ3n) is 4.68. The quantitative estimate of drug-likeness (QED) is 0.414. The van der Waals surface area contributed by atoms with Gasteiger partial charge in [0.1, 0.15) is 31.3 Å². The molecule has 0 saturated carbocycles. The van der Waals surface area contributed by atoms with Gasteiger partial charge in [-0.15, -0.1) is 0 Å². The average molecular weight is 402 g/mol. The summed E-state index contributed by atoms with van der Waals surface area (Å²) in [4.78, 5) is 12.9. The number of allylic oxidation sites excluding steroid dienone is 1. The van der Waals surface area contributed by atoms with Crippen LogP contribution in [0.15, 0.2) is 72.8 Å². The summed E-state index contributed by atoms with van der Waals surface area (Å²) < 4.78 is 22.3. The summed E-state index contributed by atoms with van der Waals surface area (Å²) in [7, 11) is 1.57. The van der Waals surface area contributed by atoms with Crippen molar-refractivity contribution >= 4 is 11.9 Å². The van der Waals surface area contributed by atoms with E-state index in [9.17, 15) is 4.79 Å². The lowest BCUT2D eigenvalue weighted by Crippen LogP contribution is -2.15. The highest BCUT2D eigenvalue weighted by molar-refractivity contribution is 6.09. The molecule has 30 heavy (non-hydrogen) atoms. The van der Waals surface area contributed by atoms with Gasteiger partial charge < -0.3 is 18.9 Å². The minimum Gasteiger partial charge on any atom is -0.497 e. The molecule has 5 heteroatoms. The summed E-state index contributed by atoms with van der Waals surface area (Å²) in [6.45, 7) is 1.44. The molecule has 0 amide bonds. The molecule has 0 spiro atoms. The van der Waals surface area contributed by atoms with E-state index >= 15 is 0 Å². The average Bonchev–Trinajstić information content (AvgIpc) is 2.81. The van der Waals surface area contributed by atoms with E-state index in [1.807, 2.05) is 48.5 Å². The molecule has 3 aromatic rings. The molecule has 152 valence electrons. The summed E-state index contributed by atoms with van der Waals surface area (Å²) in [6.07, 6.45) is 3.27. The first-order chi connectivity index (χ1) is 14.7. The Balaban J connectivity index is 1.54. The van der Waals surface area contributed by atoms with Gasteiger partial charge in [-0.25, -0.2) is 0 Å². The molecule has 0 aliphatic carbocycles. The van der Waals surface area contributed by atoms with Gasteiger partial charge >= 0.3 is 0 Å². The van der Waals surface area contributed by atoms with Crippen LogP contribution in [0.4, 0.5) is 0 Å². The summed E-state index contributed by atoms with van der Waals surface area (Å²) in [5.74, 6) is 2.33. The minimum absolute atomic E-state index is 0.174. The van der Waals surface area contributed by atoms with Crippen molar-refractivity contribution in [3.63, 3.8) is 0 Å². The van der Waals surface area contributed by atoms with Gasteiger partial charge in [-0.05, 0) is 47.5 Å². The van der Waals surface area contributed by atoms with E-state index in [0.717, 1.165) is 11.1 Å². The van der Waals surface area contributed by atoms with Crippen molar-refractivity contribution < 1.29 is 23.7 Å². The van der Waals surface area contributed by atoms with Gasteiger partial charge in [0, 0.05) is 0 Å². The predicted molar refractivity (Wildman–Crippen MR) is 115 cm³/mol. The SMILES string of the molecule is COc1ccc(OCc2ccccc2)c(C(=O)C=Cc2ccc3c(c2)OCCO3)c1. The Morgan fingerprint density at radius 3 is 2.57 bits per heavy atom. The van der Waals surface area contributed by atoms with E-state index in [1.165, 1.54) is 6.08 Å². The second kappa shape index (κ2) is 9.18. The lowest BCUT2D eigenvalue weighted by Gasteiger charge is -2.18. The van der Waals surface area contributed by atoms with Gasteiger partial charge in [-0.1, -0.05) is 42.5 Å². The molecule has 0 N–H and O–H groups in total. The third kappa shape index (κ3) is 4.63. The Hall–Kier alpha value is -3.73. The second-order valence-corrected chi connectivity index (χ2v) is 6.74. The fraction of sp³-hybridized carbons (Fsp3) is 0.160. The van der Waals surface area contributed by atoms with Crippen LogP contribution < -0.4 is 18.9 Å². The first-order valence-electron chi connectivity index (χ1n) is 9.70. The van der Waals surface area contributed by atoms with Gasteiger partial charge in [0.15, 0.2) is 17.3 Å². The number of carbonyl (C=O) groups is 1. The lowest BCUT2D eigenvalue weighted by molar-refractivity contribution is 0.104. The summed E-state index contributed by atoms with van der Waals surface area (Å²) in [5.41, 5.74) is 2.32. The number of carbonyl (C=O) groups excluding carboxylic acids is 1. The van der Waals surface area contributed by atoms with Gasteiger partial charge in [-0.2, -0.15) is 0 Å². The normalized spacial score (nSPS) is 12.6. The molecule has 1 aliphatic rings. The maximum Gasteiger partial charge on any atom is 0.189 e. The Morgan fingerprint density at radius 1 is 0.967 bits per heavy atom. The van der Waals surface area contributed by atoms with Crippen molar-refractivity contribution in [2.24, 2.45) is 0 Å². The summed E-state index contributed by atoms with van der Waals surface area (Å²) >= 11 is 0. The van der Waals surface area contributed by atoms with Gasteiger partial charge in [0.05, 0.1) is 12.7 Å². The van der Waals surface area contributed by atoms with Gasteiger partial charge in [0.25, 0.3) is 0 Å². The second-order valence-electron chi connectivity index (χ2n) is 6.74. The van der Waals surface area contributed by atoms with E-state index in [-0.39, 0.29) is 5.78 Å². The maximum atomic E-state index is 12.9. The molecular formula is C25H22O5. The standard InChI is InChI=1S/C25H22O5/c1-27-20-9-12-23(30-17-19-5-3-2-4-6-19)21(16-20)22(26)10-7-18-8-11-24-25(15-18)29-14-13-28-24/h2-12,15-16H,13-14,17H2,1H3. The number of benzene rings is 3. The molecule has 0 atom stereocenters. The van der Waals surface area contributed by atoms with Crippen molar-refractivity contribution in [3.8, 4) is 23.0 Å². The topological polar surface area (TPSA) is 54.0 Å². The largest absolute Gasteiger partial charge is 0.497 e. The molecule has 1 aliphatic heterocycles. The van der Waals surface area contributed by atoms with Crippen LogP contribution in [-0.2, 0) is 6.61 Å². The number of ether oxygens (including phenoxy) is 4. The number of rotatable bonds is 7. The Morgan fingerprint density at radius 2 is 1.77 bits per heavy atom. The van der Waals surface area contributed by atoms with Crippen LogP contribution in [0.5, 0.6) is 23.0 Å². The molecular weight excluding hydrogens is 380 g/mol. The molecule has 0 bridgehead atoms. The predicted octanol–water partition coefficient (Wildman–Crippen LogP) is 4.94. The fourth-order valence-corrected chi connectivity index (χ4v) is 3.12. The highest BCUT2D eigenvalue weighted by Gasteiger charge is 2.14. The van der Waals surface area contributed by atoms with Crippen molar-refractivity contribution in [1.82, 2.24) is 0 Å². The Labute approximate surface area is 175 Å². The molecule has 0 aromatic heterocycles. The Kier molecular flexibility index (Phi) is 5.99. The van der Waals surface area contributed by atoms with E-state index in [0.29, 0.717) is 48.4 Å². The highest BCUT2D eigenvalue weighted by Crippen LogP contribution is 2.31. The fourth-order valence-electron chi connectivity index (χ4n) is 3.12. The molecule has 0 fully saturated rings. The number of methoxy groups -OCH3 is 1. The van der Waals surface area contributed by atoms with Crippen molar-refractivity contribution in [3.05, 3.63) is 89.5 Å². The number of ketones is 1. The highest BCUT2D eigenvalue weighted by atomic mass is 16.6. The van der Waals surface area contributed by atoms with Crippen LogP contribution >= 0.6 is 0 Å². The van der Waals surface area contributed by atoms with E-state index in [2.05, 4.69) is 0 Å². The molecule has 1 heterocycles. The molecule has 3 aromatic carbocycles. The van der Waals surface area contributed by atoms with Crippen LogP contribution in [0.3, 0.4) is 0 Å². The first-order valence-corrected chi connectivity index (χ1v) is 9.70. The molecule has 5 nitrogen and oxygen atoms in total. The van der Waals surface area contributed by atoms with Crippen molar-refractivity contribution in [1.29, 1.82) is 0 Å². The van der Waals surface area contributed by atoms with E-state index in [1.54, 1.807) is 31.4 Å². The van der Waals surface area contributed by atoms with Crippen LogP contribution in [0.2, 0.25) is 0 Å². The van der Waals surface area contributed by atoms with Crippen molar-refractivity contribution in [2.75, 3.05) is 20.3 Å². The molecule has 0 saturated heterocycles. The lowest BCUT2D eigenvalue weighted by atomic mass is 10.1. The number of hydrogen-bond donors (Lipinski definition) is 0. The zero-order chi connectivity index (χ0) is 20.8. The van der Waals surface area contributed by atoms with Crippen LogP contribution in [0, 0.1) is 0 Å². The zero-order valence-corrected chi connectivity index (χ0v) is 16.7. The number of fused-ring (bicyclic) bond motifs is 1. The smallest absolute Gasteiger partial charge is 0.189 e. The van der Waals surface area contributed by atoms with Crippen molar-refractivity contribution in [2.45, 2.75) is 6.61 Å². The number of hydrogen-bond acceptors (Lipinski definition) is 5.